The number of aromatic nitrogens is 1. The predicted octanol–water partition coefficient (Wildman–Crippen LogP) is 2.33. The fourth-order valence-corrected chi connectivity index (χ4v) is 1.46. The average Bonchev–Trinajstić information content (AvgIpc) is 2.27. The molecule has 0 aliphatic heterocycles. The van der Waals surface area contributed by atoms with E-state index in [9.17, 15) is 18.0 Å². The zero-order chi connectivity index (χ0) is 14.0. The van der Waals surface area contributed by atoms with Crippen LogP contribution in [-0.2, 0) is 0 Å². The molecule has 19 heavy (non-hydrogen) atoms. The summed E-state index contributed by atoms with van der Waals surface area (Å²) in [6.07, 6.45) is 0. The second-order valence-corrected chi connectivity index (χ2v) is 3.65. The standard InChI is InChI=1S/C12H8F3N3O/c13-6-4-7(14)11(8(15)5-6)12(19)18-10-3-1-2-9(16)17-10/h1-5H,(H3,16,17,18,19). The summed E-state index contributed by atoms with van der Waals surface area (Å²) in [5.74, 6) is -4.59. The molecule has 0 saturated heterocycles. The van der Waals surface area contributed by atoms with Crippen LogP contribution in [0.25, 0.3) is 0 Å². The molecule has 1 amide bonds. The number of carbonyl (C=O) groups is 1. The molecular formula is C12H8F3N3O. The second kappa shape index (κ2) is 4.97. The lowest BCUT2D eigenvalue weighted by molar-refractivity contribution is 0.101. The number of pyridine rings is 1. The van der Waals surface area contributed by atoms with Crippen molar-refractivity contribution in [2.75, 3.05) is 11.1 Å². The van der Waals surface area contributed by atoms with Crippen LogP contribution in [0.3, 0.4) is 0 Å². The molecule has 0 saturated carbocycles. The summed E-state index contributed by atoms with van der Waals surface area (Å²) < 4.78 is 39.4. The molecule has 1 aromatic heterocycles. The summed E-state index contributed by atoms with van der Waals surface area (Å²) >= 11 is 0. The minimum atomic E-state index is -1.29. The van der Waals surface area contributed by atoms with Gasteiger partial charge in [-0.3, -0.25) is 4.79 Å². The van der Waals surface area contributed by atoms with Crippen LogP contribution in [0.5, 0.6) is 0 Å². The highest BCUT2D eigenvalue weighted by atomic mass is 19.1. The maximum atomic E-state index is 13.4. The Hall–Kier alpha value is -2.57. The molecule has 1 aromatic carbocycles. The van der Waals surface area contributed by atoms with E-state index in [4.69, 9.17) is 5.73 Å². The van der Waals surface area contributed by atoms with Crippen molar-refractivity contribution < 1.29 is 18.0 Å². The number of nitrogens with two attached hydrogens (primary N) is 1. The van der Waals surface area contributed by atoms with Gasteiger partial charge in [0.1, 0.15) is 34.7 Å². The minimum absolute atomic E-state index is 0.0353. The van der Waals surface area contributed by atoms with Crippen molar-refractivity contribution >= 4 is 17.5 Å². The highest BCUT2D eigenvalue weighted by Gasteiger charge is 2.19. The van der Waals surface area contributed by atoms with Gasteiger partial charge in [-0.1, -0.05) is 6.07 Å². The molecular weight excluding hydrogens is 259 g/mol. The number of nitrogen functional groups attached to an aromatic ring is 1. The number of amides is 1. The number of rotatable bonds is 2. The van der Waals surface area contributed by atoms with E-state index in [1.807, 2.05) is 0 Å². The molecule has 0 unspecified atom stereocenters. The van der Waals surface area contributed by atoms with Crippen molar-refractivity contribution in [3.05, 3.63) is 53.3 Å². The Kier molecular flexibility index (Phi) is 3.37. The van der Waals surface area contributed by atoms with E-state index in [1.165, 1.54) is 18.2 Å². The van der Waals surface area contributed by atoms with Gasteiger partial charge in [0.2, 0.25) is 0 Å². The van der Waals surface area contributed by atoms with Gasteiger partial charge < -0.3 is 11.1 Å². The first-order valence-electron chi connectivity index (χ1n) is 5.16. The average molecular weight is 267 g/mol. The molecule has 3 N–H and O–H groups in total. The third kappa shape index (κ3) is 2.82. The van der Waals surface area contributed by atoms with Crippen LogP contribution in [0.2, 0.25) is 0 Å². The van der Waals surface area contributed by atoms with Crippen molar-refractivity contribution in [2.45, 2.75) is 0 Å². The number of hydrogen-bond donors (Lipinski definition) is 2. The minimum Gasteiger partial charge on any atom is -0.384 e. The monoisotopic (exact) mass is 267 g/mol. The number of hydrogen-bond acceptors (Lipinski definition) is 3. The van der Waals surface area contributed by atoms with Crippen molar-refractivity contribution in [1.29, 1.82) is 0 Å². The number of nitrogens with one attached hydrogen (secondary N) is 1. The summed E-state index contributed by atoms with van der Waals surface area (Å²) in [5, 5.41) is 2.17. The Bertz CT molecular complexity index is 623. The van der Waals surface area contributed by atoms with Gasteiger partial charge in [0.25, 0.3) is 5.91 Å². The first kappa shape index (κ1) is 12.9. The van der Waals surface area contributed by atoms with Crippen molar-refractivity contribution in [1.82, 2.24) is 4.98 Å². The van der Waals surface area contributed by atoms with Gasteiger partial charge in [0.05, 0.1) is 0 Å². The summed E-state index contributed by atoms with van der Waals surface area (Å²) in [5.41, 5.74) is 4.51. The number of anilines is 2. The third-order valence-electron chi connectivity index (χ3n) is 2.25. The zero-order valence-electron chi connectivity index (χ0n) is 9.45. The first-order valence-corrected chi connectivity index (χ1v) is 5.16. The van der Waals surface area contributed by atoms with Gasteiger partial charge in [0.15, 0.2) is 0 Å². The lowest BCUT2D eigenvalue weighted by Gasteiger charge is -2.07. The molecule has 2 rings (SSSR count). The summed E-state index contributed by atoms with van der Waals surface area (Å²) in [6, 6.07) is 5.23. The molecule has 98 valence electrons. The SMILES string of the molecule is Nc1cccc(NC(=O)c2c(F)cc(F)cc2F)n1. The highest BCUT2D eigenvalue weighted by Crippen LogP contribution is 2.16. The number of benzene rings is 1. The van der Waals surface area contributed by atoms with E-state index in [2.05, 4.69) is 10.3 Å². The predicted molar refractivity (Wildman–Crippen MR) is 62.9 cm³/mol. The molecule has 1 heterocycles. The Balaban J connectivity index is 2.31. The van der Waals surface area contributed by atoms with E-state index in [0.717, 1.165) is 0 Å². The van der Waals surface area contributed by atoms with E-state index < -0.39 is 28.9 Å². The van der Waals surface area contributed by atoms with E-state index in [-0.39, 0.29) is 11.6 Å². The summed E-state index contributed by atoms with van der Waals surface area (Å²) in [6.45, 7) is 0. The van der Waals surface area contributed by atoms with Crippen LogP contribution in [0.15, 0.2) is 30.3 Å². The normalized spacial score (nSPS) is 10.3. The van der Waals surface area contributed by atoms with Crippen LogP contribution in [-0.4, -0.2) is 10.9 Å². The molecule has 0 atom stereocenters. The second-order valence-electron chi connectivity index (χ2n) is 3.65. The lowest BCUT2D eigenvalue weighted by Crippen LogP contribution is -2.17. The van der Waals surface area contributed by atoms with Crippen LogP contribution < -0.4 is 11.1 Å². The number of halogens is 3. The van der Waals surface area contributed by atoms with Gasteiger partial charge in [-0.05, 0) is 12.1 Å². The summed E-state index contributed by atoms with van der Waals surface area (Å²) in [4.78, 5) is 15.4. The van der Waals surface area contributed by atoms with E-state index in [0.29, 0.717) is 12.1 Å². The Labute approximate surface area is 106 Å². The third-order valence-corrected chi connectivity index (χ3v) is 2.25. The Morgan fingerprint density at radius 3 is 2.37 bits per heavy atom. The molecule has 0 spiro atoms. The molecule has 4 nitrogen and oxygen atoms in total. The molecule has 0 radical (unpaired) electrons. The van der Waals surface area contributed by atoms with Crippen molar-refractivity contribution in [2.24, 2.45) is 0 Å². The number of carbonyl (C=O) groups excluding carboxylic acids is 1. The first-order chi connectivity index (χ1) is 8.97. The maximum absolute atomic E-state index is 13.4. The van der Waals surface area contributed by atoms with Gasteiger partial charge in [-0.25, -0.2) is 18.2 Å². The van der Waals surface area contributed by atoms with Gasteiger partial charge >= 0.3 is 0 Å². The molecule has 0 fully saturated rings. The summed E-state index contributed by atoms with van der Waals surface area (Å²) in [7, 11) is 0. The van der Waals surface area contributed by atoms with Gasteiger partial charge in [-0.2, -0.15) is 0 Å². The molecule has 2 aromatic rings. The van der Waals surface area contributed by atoms with E-state index >= 15 is 0 Å². The van der Waals surface area contributed by atoms with Crippen molar-refractivity contribution in [3.63, 3.8) is 0 Å². The zero-order valence-corrected chi connectivity index (χ0v) is 9.45. The largest absolute Gasteiger partial charge is 0.384 e. The number of nitrogens with zero attached hydrogens (tertiary/aromatic N) is 1. The molecule has 0 aliphatic carbocycles. The highest BCUT2D eigenvalue weighted by molar-refractivity contribution is 6.04. The van der Waals surface area contributed by atoms with E-state index in [1.54, 1.807) is 0 Å². The van der Waals surface area contributed by atoms with Gasteiger partial charge in [0, 0.05) is 12.1 Å². The molecule has 7 heteroatoms. The van der Waals surface area contributed by atoms with Crippen molar-refractivity contribution in [3.8, 4) is 0 Å². The smallest absolute Gasteiger partial charge is 0.262 e. The quantitative estimate of drug-likeness (QED) is 0.877. The lowest BCUT2D eigenvalue weighted by atomic mass is 10.2. The van der Waals surface area contributed by atoms with Crippen LogP contribution >= 0.6 is 0 Å². The molecule has 0 aliphatic rings. The Morgan fingerprint density at radius 1 is 1.16 bits per heavy atom. The van der Waals surface area contributed by atoms with Crippen LogP contribution in [0, 0.1) is 17.5 Å². The fraction of sp³-hybridized carbons (Fsp3) is 0. The van der Waals surface area contributed by atoms with Gasteiger partial charge in [-0.15, -0.1) is 0 Å². The van der Waals surface area contributed by atoms with Crippen LogP contribution in [0.4, 0.5) is 24.8 Å². The topological polar surface area (TPSA) is 68.0 Å². The fourth-order valence-electron chi connectivity index (χ4n) is 1.46. The molecule has 0 bridgehead atoms. The maximum Gasteiger partial charge on any atom is 0.262 e. The Morgan fingerprint density at radius 2 is 1.79 bits per heavy atom. The van der Waals surface area contributed by atoms with Crippen LogP contribution in [0.1, 0.15) is 10.4 Å².